The van der Waals surface area contributed by atoms with E-state index in [-0.39, 0.29) is 0 Å². The van der Waals surface area contributed by atoms with E-state index < -0.39 is 0 Å². The van der Waals surface area contributed by atoms with E-state index in [0.29, 0.717) is 0 Å². The highest BCUT2D eigenvalue weighted by atomic mass is 15.3. The summed E-state index contributed by atoms with van der Waals surface area (Å²) in [4.78, 5) is 5.14. The molecule has 0 bridgehead atoms. The molecule has 0 aromatic heterocycles. The maximum atomic E-state index is 2.71. The van der Waals surface area contributed by atoms with E-state index in [1.165, 1.54) is 51.9 Å². The monoisotopic (exact) mass is 194 g/mol. The van der Waals surface area contributed by atoms with Crippen LogP contribution < -0.4 is 0 Å². The molecule has 0 N–H and O–H groups in total. The fourth-order valence-electron chi connectivity index (χ4n) is 3.47. The van der Waals surface area contributed by atoms with Gasteiger partial charge in [-0.3, -0.25) is 4.90 Å². The van der Waals surface area contributed by atoms with Crippen molar-refractivity contribution in [1.82, 2.24) is 9.80 Å². The van der Waals surface area contributed by atoms with Gasteiger partial charge in [-0.15, -0.1) is 0 Å². The summed E-state index contributed by atoms with van der Waals surface area (Å²) in [5.74, 6) is 2.17. The second-order valence-electron chi connectivity index (χ2n) is 5.63. The van der Waals surface area contributed by atoms with E-state index in [1.807, 2.05) is 0 Å². The Morgan fingerprint density at radius 3 is 2.07 bits per heavy atom. The normalized spacial score (nSPS) is 33.2. The highest BCUT2D eigenvalue weighted by molar-refractivity contribution is 4.95. The zero-order chi connectivity index (χ0) is 9.54. The highest BCUT2D eigenvalue weighted by Gasteiger charge is 2.40. The minimum absolute atomic E-state index is 0.914. The predicted molar refractivity (Wildman–Crippen MR) is 58.3 cm³/mol. The van der Waals surface area contributed by atoms with E-state index in [4.69, 9.17) is 0 Å². The van der Waals surface area contributed by atoms with E-state index in [0.717, 1.165) is 17.9 Å². The summed E-state index contributed by atoms with van der Waals surface area (Å²) < 4.78 is 0. The van der Waals surface area contributed by atoms with Crippen LogP contribution in [0.4, 0.5) is 0 Å². The van der Waals surface area contributed by atoms with Crippen molar-refractivity contribution in [2.24, 2.45) is 11.8 Å². The Bertz CT molecular complexity index is 198. The molecule has 2 heteroatoms. The lowest BCUT2D eigenvalue weighted by Gasteiger charge is -2.52. The second kappa shape index (κ2) is 3.49. The van der Waals surface area contributed by atoms with E-state index in [2.05, 4.69) is 16.8 Å². The van der Waals surface area contributed by atoms with Crippen molar-refractivity contribution in [2.75, 3.05) is 33.2 Å². The van der Waals surface area contributed by atoms with Crippen molar-refractivity contribution < 1.29 is 0 Å². The van der Waals surface area contributed by atoms with Gasteiger partial charge < -0.3 is 4.90 Å². The molecule has 0 atom stereocenters. The second-order valence-corrected chi connectivity index (χ2v) is 5.63. The molecule has 2 nitrogen and oxygen atoms in total. The molecule has 0 unspecified atom stereocenters. The largest absolute Gasteiger partial charge is 0.303 e. The molecule has 0 radical (unpaired) electrons. The number of hydrogen-bond acceptors (Lipinski definition) is 2. The third-order valence-electron chi connectivity index (χ3n) is 4.57. The third kappa shape index (κ3) is 1.49. The Labute approximate surface area is 87.3 Å². The molecule has 14 heavy (non-hydrogen) atoms. The fraction of sp³-hybridized carbons (Fsp3) is 1.00. The molecule has 3 rings (SSSR count). The van der Waals surface area contributed by atoms with Gasteiger partial charge in [-0.1, -0.05) is 25.7 Å². The maximum absolute atomic E-state index is 2.71. The molecule has 2 heterocycles. The van der Waals surface area contributed by atoms with Crippen LogP contribution in [0.1, 0.15) is 25.7 Å². The molecule has 2 saturated heterocycles. The van der Waals surface area contributed by atoms with Gasteiger partial charge >= 0.3 is 0 Å². The SMILES string of the molecule is CN1CC(N2CC(C3CCCC3)C2)C1. The molecule has 0 spiro atoms. The minimum atomic E-state index is 0.914. The van der Waals surface area contributed by atoms with Gasteiger partial charge in [0.2, 0.25) is 0 Å². The van der Waals surface area contributed by atoms with E-state index in [1.54, 1.807) is 0 Å². The lowest BCUT2D eigenvalue weighted by atomic mass is 9.83. The van der Waals surface area contributed by atoms with E-state index >= 15 is 0 Å². The van der Waals surface area contributed by atoms with Gasteiger partial charge in [-0.25, -0.2) is 0 Å². The molecule has 1 aliphatic carbocycles. The summed E-state index contributed by atoms with van der Waals surface area (Å²) >= 11 is 0. The predicted octanol–water partition coefficient (Wildman–Crippen LogP) is 1.42. The van der Waals surface area contributed by atoms with Crippen LogP contribution in [0.3, 0.4) is 0 Å². The molecule has 0 aromatic carbocycles. The van der Waals surface area contributed by atoms with Crippen molar-refractivity contribution in [3.8, 4) is 0 Å². The minimum Gasteiger partial charge on any atom is -0.303 e. The van der Waals surface area contributed by atoms with Gasteiger partial charge in [0.15, 0.2) is 0 Å². The molecule has 0 aromatic rings. The quantitative estimate of drug-likeness (QED) is 0.656. The molecule has 1 saturated carbocycles. The highest BCUT2D eigenvalue weighted by Crippen LogP contribution is 2.37. The van der Waals surface area contributed by atoms with E-state index in [9.17, 15) is 0 Å². The number of nitrogens with zero attached hydrogens (tertiary/aromatic N) is 2. The zero-order valence-electron chi connectivity index (χ0n) is 9.28. The first kappa shape index (κ1) is 9.17. The number of rotatable bonds is 2. The standard InChI is InChI=1S/C12H22N2/c1-13-8-12(9-13)14-6-11(7-14)10-4-2-3-5-10/h10-12H,2-9H2,1H3. The summed E-state index contributed by atoms with van der Waals surface area (Å²) in [5.41, 5.74) is 0. The van der Waals surface area contributed by atoms with Crippen LogP contribution in [0, 0.1) is 11.8 Å². The average molecular weight is 194 g/mol. The van der Waals surface area contributed by atoms with Crippen LogP contribution >= 0.6 is 0 Å². The van der Waals surface area contributed by atoms with Gasteiger partial charge in [0.25, 0.3) is 0 Å². The first-order valence-corrected chi connectivity index (χ1v) is 6.25. The Kier molecular flexibility index (Phi) is 2.29. The fourth-order valence-corrected chi connectivity index (χ4v) is 3.47. The molecular formula is C12H22N2. The van der Waals surface area contributed by atoms with Crippen molar-refractivity contribution in [3.63, 3.8) is 0 Å². The molecular weight excluding hydrogens is 172 g/mol. The summed E-state index contributed by atoms with van der Waals surface area (Å²) in [6.45, 7) is 5.47. The molecule has 3 fully saturated rings. The first-order chi connectivity index (χ1) is 6.83. The van der Waals surface area contributed by atoms with Crippen LogP contribution in [0.25, 0.3) is 0 Å². The Balaban J connectivity index is 1.42. The van der Waals surface area contributed by atoms with Crippen LogP contribution in [-0.4, -0.2) is 49.1 Å². The summed E-state index contributed by atoms with van der Waals surface area (Å²) in [7, 11) is 2.23. The lowest BCUT2D eigenvalue weighted by molar-refractivity contribution is -0.0378. The van der Waals surface area contributed by atoms with Crippen LogP contribution in [0.2, 0.25) is 0 Å². The van der Waals surface area contributed by atoms with Gasteiger partial charge in [0, 0.05) is 32.2 Å². The first-order valence-electron chi connectivity index (χ1n) is 6.25. The van der Waals surface area contributed by atoms with Gasteiger partial charge in [0.05, 0.1) is 0 Å². The smallest absolute Gasteiger partial charge is 0.0350 e. The number of likely N-dealkylation sites (tertiary alicyclic amines) is 2. The lowest BCUT2D eigenvalue weighted by Crippen LogP contribution is -2.64. The number of likely N-dealkylation sites (N-methyl/N-ethyl adjacent to an activating group) is 1. The van der Waals surface area contributed by atoms with Gasteiger partial charge in [0.1, 0.15) is 0 Å². The van der Waals surface area contributed by atoms with Crippen LogP contribution in [0.15, 0.2) is 0 Å². The average Bonchev–Trinajstić information content (AvgIpc) is 2.51. The van der Waals surface area contributed by atoms with Crippen molar-refractivity contribution in [3.05, 3.63) is 0 Å². The van der Waals surface area contributed by atoms with Crippen LogP contribution in [-0.2, 0) is 0 Å². The topological polar surface area (TPSA) is 6.48 Å². The molecule has 80 valence electrons. The molecule has 3 aliphatic rings. The zero-order valence-corrected chi connectivity index (χ0v) is 9.28. The third-order valence-corrected chi connectivity index (χ3v) is 4.57. The van der Waals surface area contributed by atoms with Gasteiger partial charge in [-0.2, -0.15) is 0 Å². The van der Waals surface area contributed by atoms with Crippen molar-refractivity contribution >= 4 is 0 Å². The number of hydrogen-bond donors (Lipinski definition) is 0. The van der Waals surface area contributed by atoms with Gasteiger partial charge in [-0.05, 0) is 18.9 Å². The summed E-state index contributed by atoms with van der Waals surface area (Å²) in [5, 5.41) is 0. The Morgan fingerprint density at radius 2 is 1.50 bits per heavy atom. The summed E-state index contributed by atoms with van der Waals surface area (Å²) in [6.07, 6.45) is 6.08. The van der Waals surface area contributed by atoms with Crippen molar-refractivity contribution in [1.29, 1.82) is 0 Å². The molecule has 2 aliphatic heterocycles. The maximum Gasteiger partial charge on any atom is 0.0350 e. The Hall–Kier alpha value is -0.0800. The van der Waals surface area contributed by atoms with Crippen LogP contribution in [0.5, 0.6) is 0 Å². The van der Waals surface area contributed by atoms with Crippen molar-refractivity contribution in [2.45, 2.75) is 31.7 Å². The summed E-state index contributed by atoms with van der Waals surface area (Å²) in [6, 6.07) is 0.914. The Morgan fingerprint density at radius 1 is 0.857 bits per heavy atom. The molecule has 0 amide bonds.